The molecule has 0 fully saturated rings. The molecular weight excluding hydrogens is 2090 g/mol. The maximum atomic E-state index is 13.0. The molecule has 0 bridgehead atoms. The second kappa shape index (κ2) is 74.1. The summed E-state index contributed by atoms with van der Waals surface area (Å²) in [6.07, 6.45) is 39.0. The number of imidazole rings is 3. The van der Waals surface area contributed by atoms with Gasteiger partial charge in [-0.25, -0.2) is 40.1 Å². The van der Waals surface area contributed by atoms with Gasteiger partial charge in [0.2, 0.25) is 39.0 Å². The second-order valence-electron chi connectivity index (χ2n) is 27.9. The Bertz CT molecular complexity index is 4210. The Morgan fingerprint density at radius 2 is 0.905 bits per heavy atom. The zero-order valence-corrected chi connectivity index (χ0v) is 85.8. The summed E-state index contributed by atoms with van der Waals surface area (Å²) < 4.78 is 71.8. The van der Waals surface area contributed by atoms with Crippen LogP contribution in [0.15, 0.2) is 260 Å². The number of rotatable bonds is 37. The molecule has 0 saturated carbocycles. The molecule has 126 heavy (non-hydrogen) atoms. The summed E-state index contributed by atoms with van der Waals surface area (Å²) in [5.74, 6) is 0. The summed E-state index contributed by atoms with van der Waals surface area (Å²) in [6, 6.07) is 46.5. The molecule has 39 heteroatoms. The van der Waals surface area contributed by atoms with Gasteiger partial charge in [-0.2, -0.15) is 35.3 Å². The molecule has 0 aliphatic carbocycles. The molecular formula is C87H134Ag3Cl3N23O6PRuS2-3. The average Bonchev–Trinajstić information content (AvgIpc) is 1.37. The summed E-state index contributed by atoms with van der Waals surface area (Å²) in [6.45, 7) is 34.1. The van der Waals surface area contributed by atoms with Crippen molar-refractivity contribution >= 4 is 84.9 Å². The molecule has 3 aromatic heterocycles. The van der Waals surface area contributed by atoms with Gasteiger partial charge in [0.15, 0.2) is 0 Å². The van der Waals surface area contributed by atoms with Gasteiger partial charge >= 0.3 is 72.9 Å². The number of nitrogens with zero attached hydrogens (tertiary/aromatic N) is 18. The smallest absolute Gasteiger partial charge is 0.0620 e. The van der Waals surface area contributed by atoms with Crippen LogP contribution in [-0.4, -0.2) is 250 Å². The summed E-state index contributed by atoms with van der Waals surface area (Å²) in [5.41, 5.74) is 2.10. The van der Waals surface area contributed by atoms with Gasteiger partial charge in [0.05, 0.1) is 64.6 Å². The zero-order valence-electron chi connectivity index (χ0n) is 74.5. The monoisotopic (exact) mass is 2220 g/mol. The van der Waals surface area contributed by atoms with Crippen molar-refractivity contribution in [2.75, 3.05) is 147 Å². The summed E-state index contributed by atoms with van der Waals surface area (Å²) >= 11 is 4.12. The van der Waals surface area contributed by atoms with Gasteiger partial charge in [0.1, 0.15) is 53.8 Å². The van der Waals surface area contributed by atoms with Crippen LogP contribution in [0.3, 0.4) is 0 Å². The number of aliphatic imine (C=N–C) groups is 1. The number of aromatic nitrogens is 6. The van der Waals surface area contributed by atoms with Crippen LogP contribution in [0, 0.1) is 40.5 Å². The maximum absolute atomic E-state index is 13.0. The van der Waals surface area contributed by atoms with Gasteiger partial charge in [0.25, 0.3) is 0 Å². The van der Waals surface area contributed by atoms with Crippen molar-refractivity contribution in [3.63, 3.8) is 0 Å². The van der Waals surface area contributed by atoms with Crippen LogP contribution in [0.2, 0.25) is 0 Å². The van der Waals surface area contributed by atoms with E-state index in [1.807, 2.05) is 186 Å². The number of nitrogens with one attached hydrogen (secondary N) is 5. The number of hydrogen-bond donors (Lipinski definition) is 5. The van der Waals surface area contributed by atoms with Crippen molar-refractivity contribution in [3.8, 4) is 0 Å². The van der Waals surface area contributed by atoms with Crippen molar-refractivity contribution < 1.29 is 134 Å². The maximum Gasteiger partial charge on any atom is 0.102 e. The van der Waals surface area contributed by atoms with Crippen molar-refractivity contribution in [2.24, 2.45) is 26.1 Å². The molecule has 715 valence electrons. The van der Waals surface area contributed by atoms with Gasteiger partial charge < -0.3 is 82.2 Å². The minimum absolute atomic E-state index is 0. The SMILES string of the molecule is CCCN(CCC)S(=O)(=O)c1ccc(C)cc1.CN1C=CN(CCNCCN2C=CN(C)[CH-]2)[CH-]1.CN1C=CN(CC[N-]CCN2C=CN(C)[CH-]2)[CH-]1.CN=CNCCN(CCn1cc[n+](C)c1)S(=O)(=O)c1ccc(C)cc1.C[NH+]=CNCCNCCn1cc[n+](C)c1.Cl.Cn1ccnc1.[Ag].[CH-]=O.[Cl-].[Cl][Ag].[O]=[Ag].[RuH].c1ccc([PH+](c2ccccc2)c2ccccc2)cc1. The van der Waals surface area contributed by atoms with E-state index in [0.29, 0.717) is 49.1 Å². The topological polar surface area (TPSA) is 259 Å². The minimum Gasteiger partial charge on any atom is -0.0620 e. The molecule has 0 unspecified atom stereocenters. The van der Waals surface area contributed by atoms with Gasteiger partial charge in [-0.15, -0.1) is 25.5 Å². The zero-order chi connectivity index (χ0) is 89.6. The number of carbonyl (C=O) groups excluding carboxylic acids is 1. The molecule has 29 nitrogen and oxygen atoms in total. The molecule has 8 aromatic rings. The van der Waals surface area contributed by atoms with Crippen molar-refractivity contribution in [1.29, 1.82) is 0 Å². The fraction of sp³-hybridized carbons (Fsp3) is 0.379. The van der Waals surface area contributed by atoms with Crippen LogP contribution in [0.4, 0.5) is 0 Å². The summed E-state index contributed by atoms with van der Waals surface area (Å²) in [7, 11) is 14.3. The molecule has 1 radical (unpaired) electrons. The molecule has 0 atom stereocenters. The first-order chi connectivity index (χ1) is 59.1. The largest absolute Gasteiger partial charge is 0.102 e. The Hall–Kier alpha value is -6.66. The van der Waals surface area contributed by atoms with Crippen LogP contribution >= 0.6 is 29.5 Å². The molecule has 0 spiro atoms. The number of sulfonamides is 2. The van der Waals surface area contributed by atoms with Crippen molar-refractivity contribution in [1.82, 2.24) is 87.8 Å². The fourth-order valence-electron chi connectivity index (χ4n) is 11.6. The van der Waals surface area contributed by atoms with Gasteiger partial charge in [-0.3, -0.25) is 22.1 Å². The van der Waals surface area contributed by atoms with Crippen molar-refractivity contribution in [2.45, 2.75) is 63.4 Å². The first-order valence-electron chi connectivity index (χ1n) is 40.1. The van der Waals surface area contributed by atoms with Crippen LogP contribution in [-0.2, 0) is 145 Å². The van der Waals surface area contributed by atoms with Crippen molar-refractivity contribution in [3.05, 3.63) is 288 Å². The molecule has 7 heterocycles. The molecule has 0 saturated heterocycles. The summed E-state index contributed by atoms with van der Waals surface area (Å²) in [5, 5.41) is 21.7. The van der Waals surface area contributed by atoms with E-state index in [0.717, 1.165) is 103 Å². The van der Waals surface area contributed by atoms with E-state index < -0.39 is 28.0 Å². The quantitative estimate of drug-likeness (QED) is 0.00548. The number of halogens is 3. The third kappa shape index (κ3) is 51.1. The number of hydrogen-bond acceptors (Lipinski definition) is 18. The summed E-state index contributed by atoms with van der Waals surface area (Å²) in [4.78, 5) is 35.9. The Kier molecular flexibility index (Phi) is 71.3. The fourth-order valence-corrected chi connectivity index (χ4v) is 17.3. The van der Waals surface area contributed by atoms with Gasteiger partial charge in [-0.05, 0) is 178 Å². The number of aryl methyl sites for hydroxylation is 5. The Morgan fingerprint density at radius 3 is 1.23 bits per heavy atom. The van der Waals surface area contributed by atoms with E-state index >= 15 is 0 Å². The molecule has 5 aromatic carbocycles. The van der Waals surface area contributed by atoms with Crippen LogP contribution in [0.25, 0.3) is 5.32 Å². The third-order valence-electron chi connectivity index (χ3n) is 17.7. The minimum atomic E-state index is -3.54. The first-order valence-corrected chi connectivity index (χ1v) is 47.0. The van der Waals surface area contributed by atoms with E-state index in [1.165, 1.54) is 20.2 Å². The van der Waals surface area contributed by atoms with Gasteiger partial charge in [-0.1, -0.05) is 104 Å². The molecule has 0 amide bonds. The Labute approximate surface area is 824 Å². The van der Waals surface area contributed by atoms with E-state index in [2.05, 4.69) is 279 Å². The van der Waals surface area contributed by atoms with Crippen LogP contribution in [0.5, 0.6) is 0 Å². The van der Waals surface area contributed by atoms with Crippen LogP contribution in [0.1, 0.15) is 37.8 Å². The first kappa shape index (κ1) is 121. The predicted octanol–water partition coefficient (Wildman–Crippen LogP) is 2.93. The predicted molar refractivity (Wildman–Crippen MR) is 497 cm³/mol. The molecule has 4 aliphatic heterocycles. The third-order valence-corrected chi connectivity index (χ3v) is 24.3. The Balaban J connectivity index is 0. The van der Waals surface area contributed by atoms with E-state index in [1.54, 1.807) is 75.5 Å². The van der Waals surface area contributed by atoms with Crippen LogP contribution < -0.4 is 63.7 Å². The normalized spacial score (nSPS) is 12.6. The molecule has 4 aliphatic rings. The van der Waals surface area contributed by atoms with E-state index in [9.17, 15) is 16.8 Å². The standard InChI is InChI=1S/C18H15P.C17H26N5O2S.C13H21NO2S.C12H21N5.C12H20N5.C10H20N5.C4H6N2.CHO.3Ag.3ClH.O.Ru.H/c1-4-10-16(11-5-1)19(17-12-6-2-7-13-17)18-14-8-3-9-15-18;1-16-4-6-17(7-5-16)25(23,24)22(9-8-19-14-18-2)13-12-21-11-10-20(3)15-21;1-4-10-14(11-5-2)17(15,16)13-8-6-12(3)7-9-13;2*1-14-7-9-16(11-14)5-3-13-4-6-17-10-8-15(2)12-17;1-11-9-13-4-3-12-5-6-15-8-7-14(2)10-15;1-6-3-2-5-4-6;1-2;;;;;;;;;/h1-15H;4-7,10-11,14-15H,8-9,12-13H2,1-3H3,(H,18,19);6-9H,4-5,10-11H2,1-3H3;7-13H,3-6H2,1-2H3;7-12H,3-6H2,1-2H3;7-10,12H,3-6H2,1-2H3,(H,11,13);2-4H,1H3;1H;;;;3*1H;;;/q;+1;;-2;-3;+1;;-1;;;+1;;;;;;. The van der Waals surface area contributed by atoms with E-state index in [4.69, 9.17) is 8.04 Å². The Morgan fingerprint density at radius 1 is 0.532 bits per heavy atom. The number of benzene rings is 5. The van der Waals surface area contributed by atoms with E-state index in [-0.39, 0.29) is 66.7 Å². The average molecular weight is 2220 g/mol. The molecule has 5 N–H and O–H groups in total. The van der Waals surface area contributed by atoms with Gasteiger partial charge in [0, 0.05) is 114 Å². The second-order valence-corrected chi connectivity index (χ2v) is 34.3. The molecule has 12 rings (SSSR count).